The minimum atomic E-state index is -1.15. The molecule has 1 aromatic rings. The second-order valence-electron chi connectivity index (χ2n) is 11.6. The van der Waals surface area contributed by atoms with Gasteiger partial charge < -0.3 is 25.2 Å². The van der Waals surface area contributed by atoms with Gasteiger partial charge in [-0.15, -0.1) is 0 Å². The fourth-order valence-corrected chi connectivity index (χ4v) is 7.23. The number of likely N-dealkylation sites (N-methyl/N-ethyl adjacent to an activating group) is 1. The number of hydrogen-bond acceptors (Lipinski definition) is 5. The molecule has 0 unspecified atom stereocenters. The fraction of sp³-hybridized carbons (Fsp3) is 0.633. The van der Waals surface area contributed by atoms with Crippen LogP contribution in [0.15, 0.2) is 36.4 Å². The zero-order chi connectivity index (χ0) is 27.9. The lowest BCUT2D eigenvalue weighted by molar-refractivity contribution is -0.141. The van der Waals surface area contributed by atoms with Gasteiger partial charge in [-0.05, 0) is 55.6 Å². The Kier molecular flexibility index (Phi) is 8.09. The highest BCUT2D eigenvalue weighted by molar-refractivity contribution is 6.30. The Balaban J connectivity index is 1.43. The molecule has 2 N–H and O–H groups in total. The van der Waals surface area contributed by atoms with Crippen molar-refractivity contribution >= 4 is 35.0 Å². The lowest BCUT2D eigenvalue weighted by atomic mass is 9.73. The van der Waals surface area contributed by atoms with E-state index in [2.05, 4.69) is 43.2 Å². The molecular formula is C30H41ClN4O4. The SMILES string of the molecule is CCN(CC)CCN1C(=O)[C@@H]2[C@H](C(=O)Nc3ccc(Cl)cc3)[C@@H]3C=C[C@@]2(O3)[C@@H]1C(=O)N[C@@H]1CCC[C@@H](C)[C@@H]1C. The number of benzene rings is 1. The van der Waals surface area contributed by atoms with Crippen molar-refractivity contribution in [3.8, 4) is 0 Å². The molecule has 1 spiro atoms. The Bertz CT molecular complexity index is 1120. The zero-order valence-corrected chi connectivity index (χ0v) is 24.1. The highest BCUT2D eigenvalue weighted by Gasteiger charge is 2.72. The van der Waals surface area contributed by atoms with Gasteiger partial charge in [-0.2, -0.15) is 0 Å². The number of rotatable bonds is 9. The van der Waals surface area contributed by atoms with Crippen molar-refractivity contribution in [2.24, 2.45) is 23.7 Å². The summed E-state index contributed by atoms with van der Waals surface area (Å²) >= 11 is 6.01. The van der Waals surface area contributed by atoms with Crippen molar-refractivity contribution in [2.45, 2.75) is 70.7 Å². The van der Waals surface area contributed by atoms with Gasteiger partial charge in [-0.1, -0.05) is 64.3 Å². The molecule has 3 fully saturated rings. The Hall–Kier alpha value is -2.42. The molecule has 4 aliphatic rings. The van der Waals surface area contributed by atoms with Gasteiger partial charge in [0.25, 0.3) is 0 Å². The Morgan fingerprint density at radius 3 is 2.54 bits per heavy atom. The van der Waals surface area contributed by atoms with Crippen LogP contribution in [0.4, 0.5) is 5.69 Å². The normalized spacial score (nSPS) is 35.0. The fourth-order valence-electron chi connectivity index (χ4n) is 7.10. The molecule has 5 rings (SSSR count). The van der Waals surface area contributed by atoms with Crippen molar-refractivity contribution in [1.82, 2.24) is 15.1 Å². The van der Waals surface area contributed by atoms with Crippen molar-refractivity contribution in [3.63, 3.8) is 0 Å². The molecule has 1 saturated carbocycles. The second kappa shape index (κ2) is 11.2. The van der Waals surface area contributed by atoms with E-state index in [0.29, 0.717) is 35.6 Å². The minimum absolute atomic E-state index is 0.0583. The van der Waals surface area contributed by atoms with Crippen molar-refractivity contribution in [1.29, 1.82) is 0 Å². The molecule has 8 nitrogen and oxygen atoms in total. The third-order valence-corrected chi connectivity index (χ3v) is 9.87. The van der Waals surface area contributed by atoms with E-state index in [1.807, 2.05) is 12.2 Å². The molecule has 3 heterocycles. The first-order valence-corrected chi connectivity index (χ1v) is 14.8. The maximum atomic E-state index is 14.1. The number of nitrogens with one attached hydrogen (secondary N) is 2. The van der Waals surface area contributed by atoms with Crippen LogP contribution in [-0.2, 0) is 19.1 Å². The monoisotopic (exact) mass is 556 g/mol. The van der Waals surface area contributed by atoms with E-state index in [9.17, 15) is 14.4 Å². The number of fused-ring (bicyclic) bond motifs is 1. The lowest BCUT2D eigenvalue weighted by Gasteiger charge is -2.38. The first kappa shape index (κ1) is 28.1. The van der Waals surface area contributed by atoms with Gasteiger partial charge in [0.2, 0.25) is 17.7 Å². The molecular weight excluding hydrogens is 516 g/mol. The van der Waals surface area contributed by atoms with Crippen LogP contribution < -0.4 is 10.6 Å². The average Bonchev–Trinajstić information content (AvgIpc) is 3.56. The Morgan fingerprint density at radius 2 is 1.85 bits per heavy atom. The quantitative estimate of drug-likeness (QED) is 0.453. The topological polar surface area (TPSA) is 91.0 Å². The smallest absolute Gasteiger partial charge is 0.246 e. The van der Waals surface area contributed by atoms with Gasteiger partial charge in [0.15, 0.2) is 0 Å². The predicted molar refractivity (Wildman–Crippen MR) is 151 cm³/mol. The number of carbonyl (C=O) groups is 3. The highest BCUT2D eigenvalue weighted by atomic mass is 35.5. The Morgan fingerprint density at radius 1 is 1.13 bits per heavy atom. The van der Waals surface area contributed by atoms with E-state index in [1.165, 1.54) is 0 Å². The molecule has 0 radical (unpaired) electrons. The first-order valence-electron chi connectivity index (χ1n) is 14.5. The minimum Gasteiger partial charge on any atom is -0.359 e. The maximum Gasteiger partial charge on any atom is 0.246 e. The largest absolute Gasteiger partial charge is 0.359 e. The van der Waals surface area contributed by atoms with Crippen LogP contribution in [0.5, 0.6) is 0 Å². The number of anilines is 1. The highest BCUT2D eigenvalue weighted by Crippen LogP contribution is 2.55. The summed E-state index contributed by atoms with van der Waals surface area (Å²) in [5, 5.41) is 6.82. The Labute approximate surface area is 236 Å². The number of amides is 3. The number of hydrogen-bond donors (Lipinski definition) is 2. The molecule has 39 heavy (non-hydrogen) atoms. The van der Waals surface area contributed by atoms with Crippen molar-refractivity contribution in [2.75, 3.05) is 31.5 Å². The van der Waals surface area contributed by atoms with Gasteiger partial charge in [-0.3, -0.25) is 14.4 Å². The first-order chi connectivity index (χ1) is 18.7. The van der Waals surface area contributed by atoms with Gasteiger partial charge in [0.05, 0.1) is 17.9 Å². The van der Waals surface area contributed by atoms with Gasteiger partial charge in [0.1, 0.15) is 11.6 Å². The van der Waals surface area contributed by atoms with Crippen LogP contribution >= 0.6 is 11.6 Å². The van der Waals surface area contributed by atoms with E-state index in [4.69, 9.17) is 16.3 Å². The summed E-state index contributed by atoms with van der Waals surface area (Å²) < 4.78 is 6.48. The van der Waals surface area contributed by atoms with E-state index in [1.54, 1.807) is 29.2 Å². The molecule has 1 aliphatic carbocycles. The number of likely N-dealkylation sites (tertiary alicyclic amines) is 1. The van der Waals surface area contributed by atoms with E-state index >= 15 is 0 Å². The van der Waals surface area contributed by atoms with Crippen LogP contribution in [0.25, 0.3) is 0 Å². The van der Waals surface area contributed by atoms with Crippen molar-refractivity contribution in [3.05, 3.63) is 41.4 Å². The van der Waals surface area contributed by atoms with E-state index in [0.717, 1.165) is 32.4 Å². The summed E-state index contributed by atoms with van der Waals surface area (Å²) in [4.78, 5) is 45.7. The summed E-state index contributed by atoms with van der Waals surface area (Å²) in [5.41, 5.74) is -0.551. The second-order valence-corrected chi connectivity index (χ2v) is 12.1. The molecule has 2 bridgehead atoms. The molecule has 1 aromatic carbocycles. The molecule has 2 saturated heterocycles. The van der Waals surface area contributed by atoms with E-state index < -0.39 is 29.6 Å². The average molecular weight is 557 g/mol. The number of ether oxygens (including phenoxy) is 1. The van der Waals surface area contributed by atoms with Crippen LogP contribution in [0.2, 0.25) is 5.02 Å². The van der Waals surface area contributed by atoms with Crippen LogP contribution in [-0.4, -0.2) is 77.5 Å². The lowest BCUT2D eigenvalue weighted by Crippen LogP contribution is -2.58. The van der Waals surface area contributed by atoms with Crippen molar-refractivity contribution < 1.29 is 19.1 Å². The third kappa shape index (κ3) is 5.00. The zero-order valence-electron chi connectivity index (χ0n) is 23.4. The summed E-state index contributed by atoms with van der Waals surface area (Å²) in [6.07, 6.45) is 6.34. The van der Waals surface area contributed by atoms with Crippen LogP contribution in [0.1, 0.15) is 47.0 Å². The predicted octanol–water partition coefficient (Wildman–Crippen LogP) is 3.71. The molecule has 3 amide bonds. The van der Waals surface area contributed by atoms with Crippen LogP contribution in [0.3, 0.4) is 0 Å². The molecule has 3 aliphatic heterocycles. The molecule has 0 aromatic heterocycles. The molecule has 212 valence electrons. The standard InChI is InChI=1S/C30H41ClN4O4/c1-5-34(6-2)16-17-35-26(28(37)33-22-9-7-8-18(3)19(22)4)30-15-14-23(39-30)24(25(30)29(35)38)27(36)32-21-12-10-20(31)11-13-21/h10-15,18-19,22-26H,5-9,16-17H2,1-4H3,(H,32,36)(H,33,37)/t18-,19+,22-,23+,24-,25+,26+,30+/m1/s1. The summed E-state index contributed by atoms with van der Waals surface area (Å²) in [5.74, 6) is -1.25. The number of halogens is 1. The maximum absolute atomic E-state index is 14.1. The summed E-state index contributed by atoms with van der Waals surface area (Å²) in [7, 11) is 0. The number of carbonyl (C=O) groups excluding carboxylic acids is 3. The van der Waals surface area contributed by atoms with Gasteiger partial charge in [0, 0.05) is 29.8 Å². The third-order valence-electron chi connectivity index (χ3n) is 9.62. The summed E-state index contributed by atoms with van der Waals surface area (Å²) in [6.45, 7) is 11.4. The van der Waals surface area contributed by atoms with E-state index in [-0.39, 0.29) is 23.8 Å². The van der Waals surface area contributed by atoms with Gasteiger partial charge in [-0.25, -0.2) is 0 Å². The van der Waals surface area contributed by atoms with Crippen LogP contribution in [0, 0.1) is 23.7 Å². The number of nitrogens with zero attached hydrogens (tertiary/aromatic N) is 2. The molecule has 9 heteroatoms. The molecule has 8 atom stereocenters. The summed E-state index contributed by atoms with van der Waals surface area (Å²) in [6, 6.07) is 6.12. The van der Waals surface area contributed by atoms with Gasteiger partial charge >= 0.3 is 0 Å².